The van der Waals surface area contributed by atoms with Gasteiger partial charge in [0.1, 0.15) is 6.04 Å². The van der Waals surface area contributed by atoms with Crippen LogP contribution >= 0.6 is 0 Å². The zero-order chi connectivity index (χ0) is 15.5. The first-order valence-corrected chi connectivity index (χ1v) is 7.03. The van der Waals surface area contributed by atoms with Crippen molar-refractivity contribution in [3.05, 3.63) is 35.9 Å². The standard InChI is InChI=1S/C15H20F2N2O2/c1-12(14(20)21)19-9-7-18(8-10-19)11-15(16,17)13-5-3-2-4-6-13/h2-6,12H,7-11H2,1H3,(H,20,21). The Labute approximate surface area is 123 Å². The lowest BCUT2D eigenvalue weighted by Gasteiger charge is -2.37. The molecule has 4 nitrogen and oxygen atoms in total. The Hall–Kier alpha value is -1.53. The number of hydrogen-bond donors (Lipinski definition) is 1. The molecule has 1 N–H and O–H groups in total. The molecule has 0 aromatic heterocycles. The maximum atomic E-state index is 14.2. The highest BCUT2D eigenvalue weighted by molar-refractivity contribution is 5.72. The summed E-state index contributed by atoms with van der Waals surface area (Å²) in [5, 5.41) is 8.96. The second-order valence-corrected chi connectivity index (χ2v) is 5.40. The number of benzene rings is 1. The fourth-order valence-corrected chi connectivity index (χ4v) is 2.52. The van der Waals surface area contributed by atoms with Crippen LogP contribution in [-0.2, 0) is 10.7 Å². The smallest absolute Gasteiger partial charge is 0.320 e. The van der Waals surface area contributed by atoms with Gasteiger partial charge in [-0.05, 0) is 6.92 Å². The SMILES string of the molecule is CC(C(=O)O)N1CCN(CC(F)(F)c2ccccc2)CC1. The van der Waals surface area contributed by atoms with Crippen molar-refractivity contribution in [2.75, 3.05) is 32.7 Å². The van der Waals surface area contributed by atoms with Crippen molar-refractivity contribution in [2.24, 2.45) is 0 Å². The van der Waals surface area contributed by atoms with Gasteiger partial charge in [0.15, 0.2) is 0 Å². The Morgan fingerprint density at radius 3 is 2.33 bits per heavy atom. The Morgan fingerprint density at radius 2 is 1.81 bits per heavy atom. The summed E-state index contributed by atoms with van der Waals surface area (Å²) in [6, 6.07) is 7.23. The van der Waals surface area contributed by atoms with Crippen LogP contribution in [0.5, 0.6) is 0 Å². The van der Waals surface area contributed by atoms with Gasteiger partial charge in [0.2, 0.25) is 0 Å². The van der Waals surface area contributed by atoms with E-state index in [1.54, 1.807) is 34.9 Å². The lowest BCUT2D eigenvalue weighted by Crippen LogP contribution is -2.53. The third-order valence-electron chi connectivity index (χ3n) is 3.93. The van der Waals surface area contributed by atoms with E-state index in [1.165, 1.54) is 12.1 Å². The molecular formula is C15H20F2N2O2. The van der Waals surface area contributed by atoms with Crippen LogP contribution in [-0.4, -0.2) is 59.6 Å². The number of carbonyl (C=O) groups is 1. The number of nitrogens with zero attached hydrogens (tertiary/aromatic N) is 2. The average Bonchev–Trinajstić information content (AvgIpc) is 2.48. The van der Waals surface area contributed by atoms with Crippen molar-refractivity contribution in [1.29, 1.82) is 0 Å². The van der Waals surface area contributed by atoms with E-state index in [4.69, 9.17) is 5.11 Å². The van der Waals surface area contributed by atoms with Crippen LogP contribution in [0.2, 0.25) is 0 Å². The molecule has 0 spiro atoms. The number of hydrogen-bond acceptors (Lipinski definition) is 3. The van der Waals surface area contributed by atoms with E-state index in [0.717, 1.165) is 0 Å². The average molecular weight is 298 g/mol. The van der Waals surface area contributed by atoms with Gasteiger partial charge >= 0.3 is 5.97 Å². The van der Waals surface area contributed by atoms with Gasteiger partial charge in [0.05, 0.1) is 6.54 Å². The quantitative estimate of drug-likeness (QED) is 0.901. The molecule has 0 radical (unpaired) electrons. The van der Waals surface area contributed by atoms with Crippen molar-refractivity contribution < 1.29 is 18.7 Å². The molecule has 1 heterocycles. The van der Waals surface area contributed by atoms with E-state index in [0.29, 0.717) is 26.2 Å². The van der Waals surface area contributed by atoms with E-state index in [1.807, 2.05) is 0 Å². The topological polar surface area (TPSA) is 43.8 Å². The summed E-state index contributed by atoms with van der Waals surface area (Å²) in [4.78, 5) is 14.4. The van der Waals surface area contributed by atoms with Crippen molar-refractivity contribution in [2.45, 2.75) is 18.9 Å². The van der Waals surface area contributed by atoms with Gasteiger partial charge < -0.3 is 5.11 Å². The molecule has 6 heteroatoms. The summed E-state index contributed by atoms with van der Waals surface area (Å²) in [7, 11) is 0. The predicted molar refractivity (Wildman–Crippen MR) is 75.4 cm³/mol. The molecule has 1 aliphatic rings. The highest BCUT2D eigenvalue weighted by atomic mass is 19.3. The lowest BCUT2D eigenvalue weighted by molar-refractivity contribution is -0.143. The number of rotatable bonds is 5. The number of halogens is 2. The first-order valence-electron chi connectivity index (χ1n) is 7.03. The Morgan fingerprint density at radius 1 is 1.24 bits per heavy atom. The number of alkyl halides is 2. The first-order chi connectivity index (χ1) is 9.90. The van der Waals surface area contributed by atoms with Crippen LogP contribution in [0.1, 0.15) is 12.5 Å². The third kappa shape index (κ3) is 3.98. The monoisotopic (exact) mass is 298 g/mol. The molecule has 0 aliphatic carbocycles. The molecule has 21 heavy (non-hydrogen) atoms. The zero-order valence-corrected chi connectivity index (χ0v) is 12.0. The van der Waals surface area contributed by atoms with Crippen molar-refractivity contribution in [3.63, 3.8) is 0 Å². The fraction of sp³-hybridized carbons (Fsp3) is 0.533. The molecule has 0 amide bonds. The first kappa shape index (κ1) is 15.9. The summed E-state index contributed by atoms with van der Waals surface area (Å²) < 4.78 is 28.4. The molecule has 1 unspecified atom stereocenters. The molecule has 0 saturated carbocycles. The second-order valence-electron chi connectivity index (χ2n) is 5.40. The van der Waals surface area contributed by atoms with E-state index in [2.05, 4.69) is 0 Å². The number of carboxylic acid groups (broad SMARTS) is 1. The van der Waals surface area contributed by atoms with E-state index in [-0.39, 0.29) is 12.1 Å². The Kier molecular flexibility index (Phi) is 4.90. The minimum atomic E-state index is -2.89. The van der Waals surface area contributed by atoms with Gasteiger partial charge in [-0.2, -0.15) is 8.78 Å². The van der Waals surface area contributed by atoms with E-state index < -0.39 is 17.9 Å². The van der Waals surface area contributed by atoms with Gasteiger partial charge in [-0.15, -0.1) is 0 Å². The summed E-state index contributed by atoms with van der Waals surface area (Å²) in [5.41, 5.74) is 0.0198. The zero-order valence-electron chi connectivity index (χ0n) is 12.0. The predicted octanol–water partition coefficient (Wildman–Crippen LogP) is 1.87. The van der Waals surface area contributed by atoms with Crippen molar-refractivity contribution in [3.8, 4) is 0 Å². The number of carboxylic acids is 1. The van der Waals surface area contributed by atoms with Crippen LogP contribution in [0.15, 0.2) is 30.3 Å². The van der Waals surface area contributed by atoms with Gasteiger partial charge in [-0.1, -0.05) is 30.3 Å². The lowest BCUT2D eigenvalue weighted by atomic mass is 10.1. The molecule has 116 valence electrons. The van der Waals surface area contributed by atoms with Gasteiger partial charge in [0.25, 0.3) is 5.92 Å². The van der Waals surface area contributed by atoms with Crippen LogP contribution in [0, 0.1) is 0 Å². The maximum Gasteiger partial charge on any atom is 0.320 e. The summed E-state index contributed by atoms with van der Waals surface area (Å²) in [5.74, 6) is -3.76. The largest absolute Gasteiger partial charge is 0.480 e. The van der Waals surface area contributed by atoms with Gasteiger partial charge in [-0.3, -0.25) is 14.6 Å². The molecule has 1 aromatic rings. The Bertz CT molecular complexity index is 474. The number of aliphatic carboxylic acids is 1. The van der Waals surface area contributed by atoms with Crippen LogP contribution in [0.4, 0.5) is 8.78 Å². The summed E-state index contributed by atoms with van der Waals surface area (Å²) in [6.07, 6.45) is 0. The maximum absolute atomic E-state index is 14.2. The second kappa shape index (κ2) is 6.49. The van der Waals surface area contributed by atoms with Crippen molar-refractivity contribution in [1.82, 2.24) is 9.80 Å². The molecule has 1 atom stereocenters. The highest BCUT2D eigenvalue weighted by Crippen LogP contribution is 2.29. The molecule has 1 fully saturated rings. The molecule has 0 bridgehead atoms. The minimum absolute atomic E-state index is 0.0198. The molecule has 1 aliphatic heterocycles. The molecule has 1 saturated heterocycles. The fourth-order valence-electron chi connectivity index (χ4n) is 2.52. The molecule has 2 rings (SSSR count). The van der Waals surface area contributed by atoms with Gasteiger partial charge in [-0.25, -0.2) is 0 Å². The highest BCUT2D eigenvalue weighted by Gasteiger charge is 2.35. The molecular weight excluding hydrogens is 278 g/mol. The molecule has 1 aromatic carbocycles. The van der Waals surface area contributed by atoms with E-state index >= 15 is 0 Å². The summed E-state index contributed by atoms with van der Waals surface area (Å²) >= 11 is 0. The van der Waals surface area contributed by atoms with Gasteiger partial charge in [0, 0.05) is 31.7 Å². The summed E-state index contributed by atoms with van der Waals surface area (Å²) in [6.45, 7) is 3.21. The Balaban J connectivity index is 1.90. The van der Waals surface area contributed by atoms with Crippen LogP contribution in [0.3, 0.4) is 0 Å². The van der Waals surface area contributed by atoms with Crippen LogP contribution in [0.25, 0.3) is 0 Å². The van der Waals surface area contributed by atoms with Crippen LogP contribution < -0.4 is 0 Å². The van der Waals surface area contributed by atoms with Crippen molar-refractivity contribution >= 4 is 5.97 Å². The third-order valence-corrected chi connectivity index (χ3v) is 3.93. The number of piperazine rings is 1. The minimum Gasteiger partial charge on any atom is -0.480 e. The normalized spacial score (nSPS) is 19.4. The van der Waals surface area contributed by atoms with E-state index in [9.17, 15) is 13.6 Å².